The molecular weight excluding hydrogens is 360 g/mol. The largest absolute Gasteiger partial charge is 0.396 e. The average Bonchev–Trinajstić information content (AvgIpc) is 3.28. The number of aromatic nitrogens is 1. The maximum Gasteiger partial charge on any atom is 0.0730 e. The Hall–Kier alpha value is -2.63. The van der Waals surface area contributed by atoms with E-state index in [-0.39, 0.29) is 6.61 Å². The van der Waals surface area contributed by atoms with E-state index in [1.807, 2.05) is 0 Å². The van der Waals surface area contributed by atoms with Gasteiger partial charge in [-0.1, -0.05) is 30.3 Å². The second-order valence-corrected chi connectivity index (χ2v) is 8.11. The molecule has 2 saturated heterocycles. The Balaban J connectivity index is 1.50. The molecule has 2 aliphatic heterocycles. The minimum atomic E-state index is 0.264. The Labute approximate surface area is 172 Å². The van der Waals surface area contributed by atoms with Crippen LogP contribution in [0.25, 0.3) is 22.2 Å². The highest BCUT2D eigenvalue weighted by molar-refractivity contribution is 5.94. The number of pyridine rings is 1. The van der Waals surface area contributed by atoms with Crippen molar-refractivity contribution in [1.82, 2.24) is 10.3 Å². The summed E-state index contributed by atoms with van der Waals surface area (Å²) in [5.74, 6) is 0.365. The number of rotatable bonds is 4. The quantitative estimate of drug-likeness (QED) is 0.719. The smallest absolute Gasteiger partial charge is 0.0730 e. The van der Waals surface area contributed by atoms with Crippen molar-refractivity contribution < 1.29 is 5.11 Å². The molecule has 5 heteroatoms. The lowest BCUT2D eigenvalue weighted by molar-refractivity contribution is 0.238. The van der Waals surface area contributed by atoms with Crippen molar-refractivity contribution >= 4 is 22.3 Å². The van der Waals surface area contributed by atoms with Gasteiger partial charge in [0.15, 0.2) is 0 Å². The lowest BCUT2D eigenvalue weighted by Crippen LogP contribution is -2.43. The van der Waals surface area contributed by atoms with Gasteiger partial charge in [0.2, 0.25) is 0 Å². The standard InChI is InChI=1S/C24H28N4O/c29-17-18-9-12-28(16-18)24-15-23(26-22-4-2-1-3-21(22)24)19-5-7-20(8-6-19)27-13-10-25-11-14-27/h1-8,15,18,25,29H,9-14,16-17H2. The Morgan fingerprint density at radius 2 is 1.76 bits per heavy atom. The third-order valence-corrected chi connectivity index (χ3v) is 6.22. The van der Waals surface area contributed by atoms with E-state index < -0.39 is 0 Å². The second-order valence-electron chi connectivity index (χ2n) is 8.11. The summed E-state index contributed by atoms with van der Waals surface area (Å²) in [6.07, 6.45) is 1.04. The molecule has 0 aliphatic carbocycles. The molecule has 2 fully saturated rings. The molecular formula is C24H28N4O. The highest BCUT2D eigenvalue weighted by Gasteiger charge is 2.24. The molecule has 5 nitrogen and oxygen atoms in total. The Bertz CT molecular complexity index is 982. The first-order valence-electron chi connectivity index (χ1n) is 10.6. The lowest BCUT2D eigenvalue weighted by atomic mass is 10.1. The number of hydrogen-bond donors (Lipinski definition) is 2. The number of piperazine rings is 1. The van der Waals surface area contributed by atoms with Crippen LogP contribution in [-0.2, 0) is 0 Å². The van der Waals surface area contributed by atoms with E-state index in [9.17, 15) is 5.11 Å². The number of hydrogen-bond acceptors (Lipinski definition) is 5. The number of fused-ring (bicyclic) bond motifs is 1. The van der Waals surface area contributed by atoms with Crippen LogP contribution >= 0.6 is 0 Å². The molecule has 0 amide bonds. The summed E-state index contributed by atoms with van der Waals surface area (Å²) >= 11 is 0. The number of aliphatic hydroxyl groups excluding tert-OH is 1. The zero-order valence-corrected chi connectivity index (χ0v) is 16.7. The summed E-state index contributed by atoms with van der Waals surface area (Å²) in [5.41, 5.74) is 5.69. The van der Waals surface area contributed by atoms with Crippen molar-refractivity contribution in [1.29, 1.82) is 0 Å². The van der Waals surface area contributed by atoms with Crippen molar-refractivity contribution in [2.75, 3.05) is 55.7 Å². The summed E-state index contributed by atoms with van der Waals surface area (Å²) in [5, 5.41) is 14.2. The molecule has 5 rings (SSSR count). The first-order chi connectivity index (χ1) is 14.3. The predicted octanol–water partition coefficient (Wildman–Crippen LogP) is 3.13. The zero-order valence-electron chi connectivity index (χ0n) is 16.7. The molecule has 2 aliphatic rings. The van der Waals surface area contributed by atoms with Gasteiger partial charge in [-0.15, -0.1) is 0 Å². The zero-order chi connectivity index (χ0) is 19.6. The van der Waals surface area contributed by atoms with Crippen molar-refractivity contribution in [2.24, 2.45) is 5.92 Å². The lowest BCUT2D eigenvalue weighted by Gasteiger charge is -2.29. The molecule has 1 unspecified atom stereocenters. The van der Waals surface area contributed by atoms with Gasteiger partial charge in [-0.05, 0) is 30.7 Å². The SMILES string of the molecule is OCC1CCN(c2cc(-c3ccc(N4CCNCC4)cc3)nc3ccccc23)C1. The predicted molar refractivity (Wildman–Crippen MR) is 120 cm³/mol. The van der Waals surface area contributed by atoms with Crippen LogP contribution in [0.1, 0.15) is 6.42 Å². The number of aliphatic hydroxyl groups is 1. The van der Waals surface area contributed by atoms with Crippen molar-refractivity contribution in [2.45, 2.75) is 6.42 Å². The average molecular weight is 389 g/mol. The molecule has 150 valence electrons. The summed E-state index contributed by atoms with van der Waals surface area (Å²) < 4.78 is 0. The van der Waals surface area contributed by atoms with E-state index in [2.05, 4.69) is 69.7 Å². The minimum Gasteiger partial charge on any atom is -0.396 e. The topological polar surface area (TPSA) is 51.6 Å². The highest BCUT2D eigenvalue weighted by atomic mass is 16.3. The Kier molecular flexibility index (Phi) is 5.08. The fourth-order valence-corrected chi connectivity index (χ4v) is 4.53. The van der Waals surface area contributed by atoms with Crippen molar-refractivity contribution in [3.63, 3.8) is 0 Å². The van der Waals surface area contributed by atoms with Crippen LogP contribution in [0, 0.1) is 5.92 Å². The molecule has 3 heterocycles. The number of para-hydroxylation sites is 1. The number of benzene rings is 2. The van der Waals surface area contributed by atoms with Crippen LogP contribution in [0.4, 0.5) is 11.4 Å². The van der Waals surface area contributed by atoms with Gasteiger partial charge < -0.3 is 20.2 Å². The molecule has 0 bridgehead atoms. The summed E-state index contributed by atoms with van der Waals surface area (Å²) in [4.78, 5) is 9.79. The van der Waals surface area contributed by atoms with E-state index in [4.69, 9.17) is 4.98 Å². The molecule has 0 spiro atoms. The van der Waals surface area contributed by atoms with Gasteiger partial charge in [0.05, 0.1) is 11.2 Å². The molecule has 2 N–H and O–H groups in total. The van der Waals surface area contributed by atoms with Crippen LogP contribution < -0.4 is 15.1 Å². The maximum absolute atomic E-state index is 9.56. The fraction of sp³-hybridized carbons (Fsp3) is 0.375. The second kappa shape index (κ2) is 8.01. The van der Waals surface area contributed by atoms with E-state index >= 15 is 0 Å². The molecule has 3 aromatic rings. The van der Waals surface area contributed by atoms with E-state index in [0.29, 0.717) is 5.92 Å². The Morgan fingerprint density at radius 3 is 2.52 bits per heavy atom. The molecule has 29 heavy (non-hydrogen) atoms. The molecule has 1 atom stereocenters. The number of anilines is 2. The van der Waals surface area contributed by atoms with Crippen LogP contribution in [0.3, 0.4) is 0 Å². The minimum absolute atomic E-state index is 0.264. The van der Waals surface area contributed by atoms with Gasteiger partial charge >= 0.3 is 0 Å². The summed E-state index contributed by atoms with van der Waals surface area (Å²) in [7, 11) is 0. The first kappa shape index (κ1) is 18.4. The third kappa shape index (κ3) is 3.68. The number of nitrogens with zero attached hydrogens (tertiary/aromatic N) is 3. The van der Waals surface area contributed by atoms with Crippen LogP contribution in [0.15, 0.2) is 54.6 Å². The normalized spacial score (nSPS) is 19.8. The van der Waals surface area contributed by atoms with Crippen molar-refractivity contribution in [3.05, 3.63) is 54.6 Å². The Morgan fingerprint density at radius 1 is 0.966 bits per heavy atom. The maximum atomic E-state index is 9.56. The molecule has 0 radical (unpaired) electrons. The van der Waals surface area contributed by atoms with Crippen molar-refractivity contribution in [3.8, 4) is 11.3 Å². The van der Waals surface area contributed by atoms with Crippen LogP contribution in [0.2, 0.25) is 0 Å². The summed E-state index contributed by atoms with van der Waals surface area (Å²) in [6, 6.07) is 19.4. The van der Waals surface area contributed by atoms with Gasteiger partial charge in [-0.25, -0.2) is 4.98 Å². The van der Waals surface area contributed by atoms with E-state index in [1.54, 1.807) is 0 Å². The van der Waals surface area contributed by atoms with E-state index in [1.165, 1.54) is 16.8 Å². The molecule has 0 saturated carbocycles. The summed E-state index contributed by atoms with van der Waals surface area (Å²) in [6.45, 7) is 6.35. The monoisotopic (exact) mass is 388 g/mol. The fourth-order valence-electron chi connectivity index (χ4n) is 4.53. The first-order valence-corrected chi connectivity index (χ1v) is 10.6. The van der Waals surface area contributed by atoms with Gasteiger partial charge in [0.1, 0.15) is 0 Å². The van der Waals surface area contributed by atoms with Crippen LogP contribution in [-0.4, -0.2) is 56.0 Å². The number of nitrogens with one attached hydrogen (secondary N) is 1. The molecule has 2 aromatic carbocycles. The third-order valence-electron chi connectivity index (χ3n) is 6.22. The molecule has 1 aromatic heterocycles. The van der Waals surface area contributed by atoms with Gasteiger partial charge in [-0.2, -0.15) is 0 Å². The van der Waals surface area contributed by atoms with Crippen LogP contribution in [0.5, 0.6) is 0 Å². The van der Waals surface area contributed by atoms with Gasteiger partial charge in [0, 0.05) is 74.1 Å². The van der Waals surface area contributed by atoms with Gasteiger partial charge in [-0.3, -0.25) is 0 Å². The van der Waals surface area contributed by atoms with Gasteiger partial charge in [0.25, 0.3) is 0 Å². The van der Waals surface area contributed by atoms with E-state index in [0.717, 1.165) is 62.5 Å². The highest BCUT2D eigenvalue weighted by Crippen LogP contribution is 2.34.